The smallest absolute Gasteiger partial charge is 0.0991 e. The molecule has 0 saturated heterocycles. The number of fused-ring (bicyclic) bond motifs is 1. The molecule has 0 aliphatic heterocycles. The molecule has 0 spiro atoms. The van der Waals surface area contributed by atoms with E-state index in [1.807, 2.05) is 66.7 Å². The molecule has 0 fully saturated rings. The summed E-state index contributed by atoms with van der Waals surface area (Å²) in [6.45, 7) is 0. The van der Waals surface area contributed by atoms with Gasteiger partial charge in [-0.3, -0.25) is 0 Å². The van der Waals surface area contributed by atoms with Crippen LogP contribution in [-0.4, -0.2) is 4.98 Å². The summed E-state index contributed by atoms with van der Waals surface area (Å²) in [5.41, 5.74) is 8.04. The molecule has 1 aromatic heterocycles. The van der Waals surface area contributed by atoms with Crippen molar-refractivity contribution in [1.82, 2.24) is 4.98 Å². The third-order valence-corrected chi connectivity index (χ3v) is 5.69. The van der Waals surface area contributed by atoms with Crippen molar-refractivity contribution in [3.05, 3.63) is 137 Å². The number of nitrogens with zero attached hydrogens (tertiary/aromatic N) is 2. The summed E-state index contributed by atoms with van der Waals surface area (Å²) < 4.78 is 0. The largest absolute Gasteiger partial charge is 0.248 e. The summed E-state index contributed by atoms with van der Waals surface area (Å²) in [6.07, 6.45) is 8.37. The Morgan fingerprint density at radius 1 is 0.588 bits per heavy atom. The Morgan fingerprint density at radius 3 is 1.85 bits per heavy atom. The van der Waals surface area contributed by atoms with E-state index in [-0.39, 0.29) is 0 Å². The highest BCUT2D eigenvalue weighted by Crippen LogP contribution is 2.31. The number of aromatic nitrogens is 1. The van der Waals surface area contributed by atoms with Crippen LogP contribution in [0.3, 0.4) is 0 Å². The molecular weight excluding hydrogens is 412 g/mol. The van der Waals surface area contributed by atoms with Gasteiger partial charge in [0.15, 0.2) is 0 Å². The Kier molecular flexibility index (Phi) is 6.10. The molecule has 0 unspecified atom stereocenters. The molecule has 34 heavy (non-hydrogen) atoms. The van der Waals surface area contributed by atoms with Gasteiger partial charge in [0.1, 0.15) is 0 Å². The number of hydrogen-bond acceptors (Lipinski definition) is 2. The summed E-state index contributed by atoms with van der Waals surface area (Å²) in [5, 5.41) is 10.3. The molecule has 0 aliphatic rings. The average molecular weight is 435 g/mol. The molecule has 2 nitrogen and oxygen atoms in total. The van der Waals surface area contributed by atoms with Gasteiger partial charge in [-0.25, -0.2) is 4.98 Å². The van der Waals surface area contributed by atoms with Crippen LogP contribution in [0.2, 0.25) is 0 Å². The molecule has 0 aliphatic carbocycles. The zero-order chi connectivity index (χ0) is 23.2. The zero-order valence-corrected chi connectivity index (χ0v) is 18.6. The molecule has 0 radical (unpaired) electrons. The van der Waals surface area contributed by atoms with Crippen LogP contribution in [0.25, 0.3) is 46.3 Å². The minimum Gasteiger partial charge on any atom is -0.248 e. The van der Waals surface area contributed by atoms with E-state index in [4.69, 9.17) is 4.98 Å². The van der Waals surface area contributed by atoms with Gasteiger partial charge in [0.25, 0.3) is 0 Å². The van der Waals surface area contributed by atoms with Gasteiger partial charge in [-0.1, -0.05) is 97.1 Å². The maximum absolute atomic E-state index is 9.21. The van der Waals surface area contributed by atoms with E-state index >= 15 is 0 Å². The summed E-state index contributed by atoms with van der Waals surface area (Å²) in [6, 6.07) is 38.9. The van der Waals surface area contributed by atoms with Crippen LogP contribution < -0.4 is 0 Å². The topological polar surface area (TPSA) is 36.7 Å². The lowest BCUT2D eigenvalue weighted by atomic mass is 9.97. The highest BCUT2D eigenvalue weighted by atomic mass is 14.7. The zero-order valence-electron chi connectivity index (χ0n) is 18.6. The molecular formula is C32H22N2. The summed E-state index contributed by atoms with van der Waals surface area (Å²) in [5.74, 6) is 0. The van der Waals surface area contributed by atoms with E-state index in [0.717, 1.165) is 44.4 Å². The van der Waals surface area contributed by atoms with E-state index in [0.29, 0.717) is 5.56 Å². The lowest BCUT2D eigenvalue weighted by Crippen LogP contribution is -1.90. The van der Waals surface area contributed by atoms with E-state index < -0.39 is 0 Å². The van der Waals surface area contributed by atoms with Crippen LogP contribution >= 0.6 is 0 Å². The lowest BCUT2D eigenvalue weighted by Gasteiger charge is -2.10. The standard InChI is InChI=1S/C32H22N2/c33-23-27-13-17-28(18-14-27)30-22-29(19-15-25-9-5-2-6-10-25)34-32-20-16-26(21-31(30)32)12-11-24-7-3-1-4-8-24/h1-22H/b12-11+,19-15+. The second-order valence-corrected chi connectivity index (χ2v) is 8.05. The lowest BCUT2D eigenvalue weighted by molar-refractivity contribution is 1.37. The fourth-order valence-corrected chi connectivity index (χ4v) is 3.92. The maximum atomic E-state index is 9.21. The van der Waals surface area contributed by atoms with Crippen molar-refractivity contribution >= 4 is 35.2 Å². The highest BCUT2D eigenvalue weighted by Gasteiger charge is 2.08. The van der Waals surface area contributed by atoms with Gasteiger partial charge < -0.3 is 0 Å². The van der Waals surface area contributed by atoms with Gasteiger partial charge in [0, 0.05) is 5.39 Å². The average Bonchev–Trinajstić information content (AvgIpc) is 2.91. The number of pyridine rings is 1. The van der Waals surface area contributed by atoms with Crippen LogP contribution in [0.4, 0.5) is 0 Å². The molecule has 160 valence electrons. The minimum atomic E-state index is 0.651. The molecule has 4 aromatic carbocycles. The van der Waals surface area contributed by atoms with E-state index in [2.05, 4.69) is 72.8 Å². The van der Waals surface area contributed by atoms with Crippen LogP contribution in [0.1, 0.15) is 27.9 Å². The first kappa shape index (κ1) is 21.1. The van der Waals surface area contributed by atoms with E-state index in [1.54, 1.807) is 0 Å². The molecule has 0 amide bonds. The Bertz CT molecular complexity index is 1520. The van der Waals surface area contributed by atoms with Gasteiger partial charge in [-0.05, 0) is 64.2 Å². The van der Waals surface area contributed by atoms with Gasteiger partial charge in [0.2, 0.25) is 0 Å². The van der Waals surface area contributed by atoms with E-state index in [9.17, 15) is 5.26 Å². The number of hydrogen-bond donors (Lipinski definition) is 0. The summed E-state index contributed by atoms with van der Waals surface area (Å²) in [4.78, 5) is 4.91. The predicted octanol–water partition coefficient (Wildman–Crippen LogP) is 8.11. The molecule has 0 bridgehead atoms. The molecule has 0 N–H and O–H groups in total. The Labute approximate surface area is 199 Å². The first-order valence-electron chi connectivity index (χ1n) is 11.2. The monoisotopic (exact) mass is 434 g/mol. The van der Waals surface area contributed by atoms with Crippen LogP contribution in [-0.2, 0) is 0 Å². The normalized spacial score (nSPS) is 11.3. The molecule has 0 saturated carbocycles. The molecule has 5 aromatic rings. The van der Waals surface area contributed by atoms with E-state index in [1.165, 1.54) is 0 Å². The van der Waals surface area contributed by atoms with Crippen molar-refractivity contribution in [2.24, 2.45) is 0 Å². The van der Waals surface area contributed by atoms with Crippen molar-refractivity contribution in [2.75, 3.05) is 0 Å². The first-order valence-corrected chi connectivity index (χ1v) is 11.2. The maximum Gasteiger partial charge on any atom is 0.0991 e. The first-order chi connectivity index (χ1) is 16.8. The molecule has 5 rings (SSSR count). The fourth-order valence-electron chi connectivity index (χ4n) is 3.92. The van der Waals surface area contributed by atoms with Crippen LogP contribution in [0.15, 0.2) is 109 Å². The van der Waals surface area contributed by atoms with Crippen molar-refractivity contribution in [3.63, 3.8) is 0 Å². The van der Waals surface area contributed by atoms with Crippen molar-refractivity contribution in [1.29, 1.82) is 5.26 Å². The fraction of sp³-hybridized carbons (Fsp3) is 0. The van der Waals surface area contributed by atoms with Gasteiger partial charge >= 0.3 is 0 Å². The molecule has 1 heterocycles. The number of nitriles is 1. The minimum absolute atomic E-state index is 0.651. The third-order valence-electron chi connectivity index (χ3n) is 5.69. The van der Waals surface area contributed by atoms with Crippen LogP contribution in [0.5, 0.6) is 0 Å². The summed E-state index contributed by atoms with van der Waals surface area (Å²) in [7, 11) is 0. The van der Waals surface area contributed by atoms with Gasteiger partial charge in [-0.15, -0.1) is 0 Å². The Hall–Kier alpha value is -4.74. The molecule has 0 atom stereocenters. The SMILES string of the molecule is N#Cc1ccc(-c2cc(/C=C/c3ccccc3)nc3ccc(/C=C/c4ccccc4)cc23)cc1. The van der Waals surface area contributed by atoms with Crippen LogP contribution in [0, 0.1) is 11.3 Å². The predicted molar refractivity (Wildman–Crippen MR) is 143 cm³/mol. The highest BCUT2D eigenvalue weighted by molar-refractivity contribution is 5.97. The second kappa shape index (κ2) is 9.81. The number of rotatable bonds is 5. The van der Waals surface area contributed by atoms with Crippen molar-refractivity contribution < 1.29 is 0 Å². The third kappa shape index (κ3) is 4.85. The van der Waals surface area contributed by atoms with Gasteiger partial charge in [0.05, 0.1) is 22.8 Å². The quantitative estimate of drug-likeness (QED) is 0.262. The van der Waals surface area contributed by atoms with Crippen molar-refractivity contribution in [3.8, 4) is 17.2 Å². The summed E-state index contributed by atoms with van der Waals surface area (Å²) >= 11 is 0. The molecule has 2 heteroatoms. The Balaban J connectivity index is 1.60. The van der Waals surface area contributed by atoms with Crippen molar-refractivity contribution in [2.45, 2.75) is 0 Å². The van der Waals surface area contributed by atoms with Gasteiger partial charge in [-0.2, -0.15) is 5.26 Å². The number of benzene rings is 4. The Morgan fingerprint density at radius 2 is 1.21 bits per heavy atom. The second-order valence-electron chi connectivity index (χ2n) is 8.05.